The van der Waals surface area contributed by atoms with E-state index >= 15 is 0 Å². The quantitative estimate of drug-likeness (QED) is 0.168. The Kier molecular flexibility index (Phi) is 7.96. The topological polar surface area (TPSA) is 111 Å². The number of hydrogen-bond donors (Lipinski definition) is 3. The van der Waals surface area contributed by atoms with Crippen molar-refractivity contribution in [2.24, 2.45) is 4.99 Å². The van der Waals surface area contributed by atoms with Crippen LogP contribution >= 0.6 is 0 Å². The van der Waals surface area contributed by atoms with Gasteiger partial charge >= 0.3 is 0 Å². The summed E-state index contributed by atoms with van der Waals surface area (Å²) in [6.07, 6.45) is 6.81. The maximum Gasteiger partial charge on any atom is 0.252 e. The Hall–Kier alpha value is -3.60. The molecule has 1 heterocycles. The van der Waals surface area contributed by atoms with Gasteiger partial charge in [0.25, 0.3) is 5.91 Å². The number of benzene rings is 1. The van der Waals surface area contributed by atoms with E-state index in [9.17, 15) is 4.79 Å². The Morgan fingerprint density at radius 2 is 1.92 bits per heavy atom. The zero-order chi connectivity index (χ0) is 18.5. The van der Waals surface area contributed by atoms with Crippen LogP contribution in [0.2, 0.25) is 0 Å². The molecule has 0 saturated carbocycles. The third-order valence-corrected chi connectivity index (χ3v) is 3.23. The number of nitrogens with one attached hydrogen (secondary N) is 3. The van der Waals surface area contributed by atoms with E-state index in [1.807, 2.05) is 24.4 Å². The molecule has 1 amide bonds. The first kappa shape index (κ1) is 18.7. The molecule has 0 aliphatic carbocycles. The van der Waals surface area contributed by atoms with Crippen molar-refractivity contribution in [3.63, 3.8) is 0 Å². The van der Waals surface area contributed by atoms with Crippen LogP contribution in [-0.4, -0.2) is 23.4 Å². The van der Waals surface area contributed by atoms with Gasteiger partial charge in [-0.05, 0) is 37.1 Å². The average molecular weight is 352 g/mol. The van der Waals surface area contributed by atoms with Gasteiger partial charge in [-0.1, -0.05) is 18.2 Å². The number of nitrogens with zero attached hydrogens (tertiary/aromatic N) is 3. The molecule has 0 aliphatic heterocycles. The van der Waals surface area contributed by atoms with E-state index in [0.29, 0.717) is 37.5 Å². The lowest BCUT2D eigenvalue weighted by atomic mass is 10.2. The van der Waals surface area contributed by atoms with E-state index in [4.69, 9.17) is 10.1 Å². The predicted octanol–water partition coefficient (Wildman–Crippen LogP) is 2.20. The van der Waals surface area contributed by atoms with Crippen LogP contribution in [0.4, 0.5) is 5.69 Å². The summed E-state index contributed by atoms with van der Waals surface area (Å²) in [4.78, 5) is 25.1. The lowest BCUT2D eigenvalue weighted by Gasteiger charge is -2.08. The molecule has 0 radical (unpaired) electrons. The standard InChI is InChI=1S/C18H20N6O2/c19-14-22-18(23-15-9-12-20-13-10-15)21-11-5-4-8-17(25)24-26-16-6-2-1-3-7-16/h1-3,6-7,9-10,12-13H,4-5,8,11H2,(H,24,25)(H2,20,21,22,23). The fraction of sp³-hybridized carbons (Fsp3) is 0.222. The van der Waals surface area contributed by atoms with Gasteiger partial charge in [-0.25, -0.2) is 0 Å². The first-order chi connectivity index (χ1) is 12.8. The van der Waals surface area contributed by atoms with Crippen LogP contribution in [0.1, 0.15) is 19.3 Å². The van der Waals surface area contributed by atoms with Crippen molar-refractivity contribution >= 4 is 17.6 Å². The zero-order valence-corrected chi connectivity index (χ0v) is 14.2. The van der Waals surface area contributed by atoms with Crippen LogP contribution in [0.25, 0.3) is 0 Å². The van der Waals surface area contributed by atoms with E-state index in [2.05, 4.69) is 26.1 Å². The van der Waals surface area contributed by atoms with Crippen molar-refractivity contribution in [3.05, 3.63) is 54.9 Å². The number of carbonyl (C=O) groups excluding carboxylic acids is 1. The van der Waals surface area contributed by atoms with E-state index in [-0.39, 0.29) is 5.91 Å². The summed E-state index contributed by atoms with van der Waals surface area (Å²) in [6, 6.07) is 12.6. The minimum absolute atomic E-state index is 0.192. The number of anilines is 1. The number of aromatic nitrogens is 1. The van der Waals surface area contributed by atoms with Gasteiger partial charge in [0.1, 0.15) is 0 Å². The highest BCUT2D eigenvalue weighted by Gasteiger charge is 2.03. The molecular formula is C18H20N6O2. The number of guanidine groups is 1. The van der Waals surface area contributed by atoms with Gasteiger partial charge in [0.2, 0.25) is 5.96 Å². The molecule has 3 N–H and O–H groups in total. The van der Waals surface area contributed by atoms with E-state index in [0.717, 1.165) is 5.69 Å². The van der Waals surface area contributed by atoms with Crippen molar-refractivity contribution in [3.8, 4) is 11.9 Å². The van der Waals surface area contributed by atoms with Crippen LogP contribution in [-0.2, 0) is 4.79 Å². The molecule has 0 unspecified atom stereocenters. The normalized spacial score (nSPS) is 10.5. The van der Waals surface area contributed by atoms with Crippen molar-refractivity contribution in [1.82, 2.24) is 15.8 Å². The Morgan fingerprint density at radius 1 is 1.15 bits per heavy atom. The van der Waals surface area contributed by atoms with Crippen molar-refractivity contribution in [1.29, 1.82) is 5.26 Å². The van der Waals surface area contributed by atoms with Crippen LogP contribution in [0, 0.1) is 11.5 Å². The minimum Gasteiger partial charge on any atom is -0.380 e. The molecule has 8 heteroatoms. The van der Waals surface area contributed by atoms with Crippen LogP contribution in [0.3, 0.4) is 0 Å². The summed E-state index contributed by atoms with van der Waals surface area (Å²) in [5.41, 5.74) is 3.18. The number of aliphatic imine (C=N–C) groups is 1. The van der Waals surface area contributed by atoms with Crippen molar-refractivity contribution in [2.75, 3.05) is 11.9 Å². The largest absolute Gasteiger partial charge is 0.380 e. The molecule has 2 rings (SSSR count). The Labute approximate surface area is 151 Å². The maximum atomic E-state index is 11.7. The summed E-state index contributed by atoms with van der Waals surface area (Å²) < 4.78 is 0. The molecule has 2 aromatic rings. The molecule has 0 atom stereocenters. The average Bonchev–Trinajstić information content (AvgIpc) is 2.68. The Bertz CT molecular complexity index is 743. The maximum absolute atomic E-state index is 11.7. The number of amides is 1. The van der Waals surface area contributed by atoms with Gasteiger partial charge in [-0.2, -0.15) is 10.7 Å². The molecule has 134 valence electrons. The van der Waals surface area contributed by atoms with Gasteiger partial charge in [0.15, 0.2) is 11.9 Å². The summed E-state index contributed by atoms with van der Waals surface area (Å²) in [5.74, 6) is 0.749. The zero-order valence-electron chi connectivity index (χ0n) is 14.2. The predicted molar refractivity (Wildman–Crippen MR) is 98.0 cm³/mol. The van der Waals surface area contributed by atoms with E-state index < -0.39 is 0 Å². The molecule has 8 nitrogen and oxygen atoms in total. The molecule has 1 aromatic carbocycles. The van der Waals surface area contributed by atoms with Crippen molar-refractivity contribution < 1.29 is 9.63 Å². The van der Waals surface area contributed by atoms with Crippen LogP contribution < -0.4 is 21.0 Å². The second-order valence-corrected chi connectivity index (χ2v) is 5.23. The van der Waals surface area contributed by atoms with Crippen LogP contribution in [0.15, 0.2) is 59.9 Å². The summed E-state index contributed by atoms with van der Waals surface area (Å²) in [6.45, 7) is 0.481. The number of unbranched alkanes of at least 4 members (excludes halogenated alkanes) is 1. The molecule has 0 saturated heterocycles. The molecular weight excluding hydrogens is 332 g/mol. The Balaban J connectivity index is 1.66. The first-order valence-corrected chi connectivity index (χ1v) is 8.15. The molecule has 0 bridgehead atoms. The van der Waals surface area contributed by atoms with E-state index in [1.165, 1.54) is 0 Å². The van der Waals surface area contributed by atoms with Gasteiger partial charge in [-0.3, -0.25) is 20.1 Å². The summed E-state index contributed by atoms with van der Waals surface area (Å²) >= 11 is 0. The van der Waals surface area contributed by atoms with Crippen molar-refractivity contribution in [2.45, 2.75) is 19.3 Å². The summed E-state index contributed by atoms with van der Waals surface area (Å²) in [7, 11) is 0. The second-order valence-electron chi connectivity index (χ2n) is 5.23. The molecule has 1 aromatic heterocycles. The second kappa shape index (κ2) is 11.0. The van der Waals surface area contributed by atoms with Gasteiger partial charge in [0, 0.05) is 31.0 Å². The summed E-state index contributed by atoms with van der Waals surface area (Å²) in [5, 5.41) is 14.3. The van der Waals surface area contributed by atoms with Gasteiger partial charge in [-0.15, -0.1) is 0 Å². The highest BCUT2D eigenvalue weighted by molar-refractivity contribution is 5.94. The van der Waals surface area contributed by atoms with E-state index in [1.54, 1.807) is 36.7 Å². The first-order valence-electron chi connectivity index (χ1n) is 8.15. The minimum atomic E-state index is -0.192. The number of hydrogen-bond acceptors (Lipinski definition) is 5. The SMILES string of the molecule is N#CNC(=NCCCCC(=O)NOc1ccccc1)Nc1ccncc1. The number of rotatable bonds is 8. The van der Waals surface area contributed by atoms with Gasteiger partial charge < -0.3 is 10.2 Å². The monoisotopic (exact) mass is 352 g/mol. The number of hydroxylamine groups is 1. The van der Waals surface area contributed by atoms with Gasteiger partial charge in [0.05, 0.1) is 0 Å². The third-order valence-electron chi connectivity index (χ3n) is 3.23. The smallest absolute Gasteiger partial charge is 0.252 e. The Morgan fingerprint density at radius 3 is 2.65 bits per heavy atom. The lowest BCUT2D eigenvalue weighted by Crippen LogP contribution is -2.27. The lowest BCUT2D eigenvalue weighted by molar-refractivity contribution is -0.127. The van der Waals surface area contributed by atoms with Crippen LogP contribution in [0.5, 0.6) is 5.75 Å². The molecule has 26 heavy (non-hydrogen) atoms. The number of para-hydroxylation sites is 1. The third kappa shape index (κ3) is 7.31. The number of carbonyl (C=O) groups is 1. The molecule has 0 spiro atoms. The molecule has 0 aliphatic rings. The highest BCUT2D eigenvalue weighted by Crippen LogP contribution is 2.07. The fourth-order valence-electron chi connectivity index (χ4n) is 1.98. The number of pyridine rings is 1. The molecule has 0 fully saturated rings. The number of nitriles is 1. The highest BCUT2D eigenvalue weighted by atomic mass is 16.7. The fourth-order valence-corrected chi connectivity index (χ4v) is 1.98.